The van der Waals surface area contributed by atoms with Crippen LogP contribution in [-0.4, -0.2) is 11.8 Å². The molecule has 0 bridgehead atoms. The fourth-order valence-corrected chi connectivity index (χ4v) is 7.20. The summed E-state index contributed by atoms with van der Waals surface area (Å²) in [4.78, 5) is 2.29. The normalized spacial score (nSPS) is 12.8. The first-order chi connectivity index (χ1) is 21.8. The molecule has 0 spiro atoms. The van der Waals surface area contributed by atoms with Crippen LogP contribution in [0.2, 0.25) is 0 Å². The topological polar surface area (TPSA) is 90.4 Å². The van der Waals surface area contributed by atoms with Gasteiger partial charge in [-0.3, -0.25) is 0 Å². The molecule has 0 atom stereocenters. The van der Waals surface area contributed by atoms with E-state index < -0.39 is 34.8 Å². The maximum absolute atomic E-state index is 14.1. The van der Waals surface area contributed by atoms with Crippen LogP contribution in [0.3, 0.4) is 0 Å². The number of anilines is 3. The molecule has 47 heavy (non-hydrogen) atoms. The Balaban J connectivity index is 1.48. The van der Waals surface area contributed by atoms with Crippen LogP contribution in [0.4, 0.5) is 57.9 Å². The number of hydrogen-bond donors (Lipinski definition) is 3. The number of benzene rings is 3. The van der Waals surface area contributed by atoms with Crippen LogP contribution in [0, 0.1) is 0 Å². The maximum atomic E-state index is 14.1. The Bertz CT molecular complexity index is 1960. The molecule has 3 aromatic carbocycles. The Kier molecular flexibility index (Phi) is 8.65. The highest BCUT2D eigenvalue weighted by molar-refractivity contribution is 7.47. The quantitative estimate of drug-likeness (QED) is 0.105. The first-order valence-electron chi connectivity index (χ1n) is 13.6. The lowest BCUT2D eigenvalue weighted by molar-refractivity contribution is -0.204. The molecule has 0 aliphatic heterocycles. The van der Waals surface area contributed by atoms with Gasteiger partial charge in [-0.15, -0.1) is 22.7 Å². The highest BCUT2D eigenvalue weighted by Gasteiger charge is 2.54. The number of alkyl halides is 8. The highest BCUT2D eigenvalue weighted by atomic mass is 32.1. The molecule has 2 heterocycles. The Morgan fingerprint density at radius 3 is 1.21 bits per heavy atom. The Morgan fingerprint density at radius 1 is 0.511 bits per heavy atom. The van der Waals surface area contributed by atoms with Gasteiger partial charge in [0.25, 0.3) is 0 Å². The maximum Gasteiger partial charge on any atom is 0.335 e. The van der Waals surface area contributed by atoms with Crippen molar-refractivity contribution in [3.8, 4) is 41.8 Å². The van der Waals surface area contributed by atoms with Gasteiger partial charge < -0.3 is 17.2 Å². The van der Waals surface area contributed by atoms with Crippen LogP contribution in [0.1, 0.15) is 25.0 Å². The smallest absolute Gasteiger partial charge is 0.335 e. The number of nitrogen functional groups attached to an aromatic ring is 3. The van der Waals surface area contributed by atoms with Crippen molar-refractivity contribution < 1.29 is 35.1 Å². The zero-order valence-electron chi connectivity index (χ0n) is 24.4. The second-order valence-corrected chi connectivity index (χ2v) is 13.2. The van der Waals surface area contributed by atoms with Crippen molar-refractivity contribution in [2.75, 3.05) is 17.2 Å². The summed E-state index contributed by atoms with van der Waals surface area (Å²) >= 11 is 7.44. The van der Waals surface area contributed by atoms with Crippen molar-refractivity contribution in [2.45, 2.75) is 37.5 Å². The van der Waals surface area contributed by atoms with Crippen LogP contribution in [0.5, 0.6) is 0 Å². The van der Waals surface area contributed by atoms with E-state index in [0.717, 1.165) is 24.3 Å². The van der Waals surface area contributed by atoms with Crippen molar-refractivity contribution in [3.05, 3.63) is 83.9 Å². The van der Waals surface area contributed by atoms with Crippen LogP contribution < -0.4 is 17.2 Å². The van der Waals surface area contributed by atoms with E-state index >= 15 is 0 Å². The van der Waals surface area contributed by atoms with Crippen molar-refractivity contribution in [1.82, 2.24) is 0 Å². The Hall–Kier alpha value is -4.08. The summed E-state index contributed by atoms with van der Waals surface area (Å²) in [7, 11) is 0. The highest BCUT2D eigenvalue weighted by Crippen LogP contribution is 2.53. The molecule has 6 N–H and O–H groups in total. The predicted molar refractivity (Wildman–Crippen MR) is 176 cm³/mol. The fourth-order valence-electron chi connectivity index (χ4n) is 4.85. The van der Waals surface area contributed by atoms with Gasteiger partial charge in [-0.25, -0.2) is 0 Å². The molecule has 246 valence electrons. The van der Waals surface area contributed by atoms with E-state index in [2.05, 4.69) is 4.36 Å². The lowest BCUT2D eigenvalue weighted by Gasteiger charge is -2.23. The molecule has 0 unspecified atom stereocenters. The first kappa shape index (κ1) is 34.3. The summed E-state index contributed by atoms with van der Waals surface area (Å²) in [6.07, 6.45) is 0. The number of halogens is 8. The molecule has 15 heteroatoms. The molecule has 0 saturated carbocycles. The number of nitrogens with two attached hydrogens (primary N) is 3. The number of rotatable bonds is 9. The average Bonchev–Trinajstić information content (AvgIpc) is 3.69. The summed E-state index contributed by atoms with van der Waals surface area (Å²) in [5.41, 5.74) is 20.0. The van der Waals surface area contributed by atoms with E-state index in [1.54, 1.807) is 24.3 Å². The summed E-state index contributed by atoms with van der Waals surface area (Å²) in [6, 6.07) is 15.7. The van der Waals surface area contributed by atoms with E-state index in [0.29, 0.717) is 41.8 Å². The van der Waals surface area contributed by atoms with Crippen LogP contribution in [0.25, 0.3) is 41.8 Å². The molecular formula is C32H24F8N4S3. The molecular weight excluding hydrogens is 689 g/mol. The lowest BCUT2D eigenvalue weighted by Crippen LogP contribution is -2.34. The third-order valence-electron chi connectivity index (χ3n) is 7.55. The summed E-state index contributed by atoms with van der Waals surface area (Å²) in [5.74, 6) is -17.2. The lowest BCUT2D eigenvalue weighted by atomic mass is 9.99. The van der Waals surface area contributed by atoms with Crippen LogP contribution in [0.15, 0.2) is 77.2 Å². The third-order valence-corrected chi connectivity index (χ3v) is 10.0. The molecule has 2 aromatic heterocycles. The van der Waals surface area contributed by atoms with E-state index in [1.807, 2.05) is 0 Å². The molecule has 0 saturated heterocycles. The van der Waals surface area contributed by atoms with Crippen molar-refractivity contribution in [3.63, 3.8) is 0 Å². The van der Waals surface area contributed by atoms with Crippen LogP contribution >= 0.6 is 22.7 Å². The Labute approximate surface area is 277 Å². The summed E-state index contributed by atoms with van der Waals surface area (Å²) in [6.45, 7) is 0.314. The summed E-state index contributed by atoms with van der Waals surface area (Å²) < 4.78 is 114. The Morgan fingerprint density at radius 2 is 0.851 bits per heavy atom. The van der Waals surface area contributed by atoms with E-state index in [1.165, 1.54) is 46.9 Å². The van der Waals surface area contributed by atoms with Crippen molar-refractivity contribution in [2.24, 2.45) is 4.36 Å². The minimum Gasteiger partial charge on any atom is -0.396 e. The minimum atomic E-state index is -4.35. The standard InChI is InChI=1S/C32H24F8N4S3/c1-29(33,34)31(37,38)17-7-3-15(4-8-17)19-11-13-21(46-19)23-25(41)26(42)24(28(44-45)27(23)43)22-14-12-20(47-22)16-5-9-18(10-6-16)32(39,40)30(2,35)36/h3-14H,41-43H2,1-2H3. The molecule has 0 aliphatic carbocycles. The number of nitrogens with zero attached hydrogens (tertiary/aromatic N) is 1. The molecule has 5 rings (SSSR count). The summed E-state index contributed by atoms with van der Waals surface area (Å²) in [5, 5.41) is 0. The van der Waals surface area contributed by atoms with Gasteiger partial charge in [0.1, 0.15) is 5.69 Å². The van der Waals surface area contributed by atoms with Crippen molar-refractivity contribution in [1.29, 1.82) is 0 Å². The first-order valence-corrected chi connectivity index (χ1v) is 15.6. The minimum absolute atomic E-state index is 0.105. The number of thiophene rings is 2. The van der Waals surface area contributed by atoms with E-state index in [-0.39, 0.29) is 36.6 Å². The van der Waals surface area contributed by atoms with Gasteiger partial charge in [-0.2, -0.15) is 39.5 Å². The van der Waals surface area contributed by atoms with Gasteiger partial charge >= 0.3 is 23.7 Å². The number of hydrogen-bond acceptors (Lipinski definition) is 7. The zero-order chi connectivity index (χ0) is 34.7. The zero-order valence-corrected chi connectivity index (χ0v) is 26.8. The molecule has 0 fully saturated rings. The van der Waals surface area contributed by atoms with E-state index in [9.17, 15) is 35.1 Å². The van der Waals surface area contributed by atoms with Gasteiger partial charge in [0.05, 0.1) is 17.1 Å². The third kappa shape index (κ3) is 5.95. The second-order valence-electron chi connectivity index (χ2n) is 10.8. The van der Waals surface area contributed by atoms with Gasteiger partial charge in [-0.1, -0.05) is 48.5 Å². The SMILES string of the molecule is CC(F)(F)C(F)(F)c1ccc(-c2ccc(-c3c(N)c(N)c(-c4ccc(-c5ccc(C(F)(F)C(C)(F)F)cc5)s4)c(N=S)c3N)s2)cc1. The van der Waals surface area contributed by atoms with Gasteiger partial charge in [0.2, 0.25) is 0 Å². The van der Waals surface area contributed by atoms with Crippen LogP contribution in [-0.2, 0) is 24.3 Å². The molecule has 0 amide bonds. The van der Waals surface area contributed by atoms with E-state index in [4.69, 9.17) is 29.6 Å². The second kappa shape index (κ2) is 11.9. The molecule has 0 aliphatic rings. The molecule has 0 radical (unpaired) electrons. The average molecular weight is 713 g/mol. The molecule has 5 aromatic rings. The fraction of sp³-hybridized carbons (Fsp3) is 0.188. The van der Waals surface area contributed by atoms with Crippen molar-refractivity contribution >= 4 is 57.8 Å². The monoisotopic (exact) mass is 712 g/mol. The van der Waals surface area contributed by atoms with Gasteiger partial charge in [0.15, 0.2) is 0 Å². The predicted octanol–water partition coefficient (Wildman–Crippen LogP) is 11.1. The largest absolute Gasteiger partial charge is 0.396 e. The van der Waals surface area contributed by atoms with Gasteiger partial charge in [0, 0.05) is 68.0 Å². The van der Waals surface area contributed by atoms with Gasteiger partial charge in [-0.05, 0) is 35.4 Å². The molecule has 4 nitrogen and oxygen atoms in total.